The number of hydrogen-bond donors (Lipinski definition) is 2. The van der Waals surface area contributed by atoms with Crippen molar-refractivity contribution in [1.29, 1.82) is 0 Å². The number of piperidine rings is 1. The summed E-state index contributed by atoms with van der Waals surface area (Å²) in [5, 5.41) is 20.2. The summed E-state index contributed by atoms with van der Waals surface area (Å²) in [6.07, 6.45) is 3.51. The minimum Gasteiger partial charge on any atom is -0.395 e. The van der Waals surface area contributed by atoms with Crippen molar-refractivity contribution in [3.63, 3.8) is 0 Å². The molecule has 7 rings (SSSR count). The molecule has 2 N–H and O–H groups in total. The monoisotopic (exact) mass is 671 g/mol. The second-order valence-electron chi connectivity index (χ2n) is 11.4. The van der Waals surface area contributed by atoms with Crippen molar-refractivity contribution >= 4 is 56.5 Å². The highest BCUT2D eigenvalue weighted by molar-refractivity contribution is 7.13. The van der Waals surface area contributed by atoms with Crippen LogP contribution in [0.2, 0.25) is 10.0 Å². The van der Waals surface area contributed by atoms with E-state index in [9.17, 15) is 14.3 Å². The van der Waals surface area contributed by atoms with Crippen LogP contribution in [0.4, 0.5) is 13.9 Å². The van der Waals surface area contributed by atoms with Crippen LogP contribution in [0.25, 0.3) is 22.0 Å². The number of alkyl halides is 2. The Hall–Kier alpha value is -3.42. The second-order valence-corrected chi connectivity index (χ2v) is 13.1. The van der Waals surface area contributed by atoms with Crippen LogP contribution in [0, 0.1) is 0 Å². The number of likely N-dealkylation sites (tertiary alicyclic amines) is 1. The predicted molar refractivity (Wildman–Crippen MR) is 171 cm³/mol. The van der Waals surface area contributed by atoms with Gasteiger partial charge in [-0.25, -0.2) is 18.7 Å². The Balaban J connectivity index is 1.22. The lowest BCUT2D eigenvalue weighted by Crippen LogP contribution is -2.42. The van der Waals surface area contributed by atoms with Crippen LogP contribution in [0.5, 0.6) is 0 Å². The minimum absolute atomic E-state index is 0.0173. The number of nitrogens with one attached hydrogen (secondary N) is 1. The third-order valence-corrected chi connectivity index (χ3v) is 10.0. The summed E-state index contributed by atoms with van der Waals surface area (Å²) in [5.41, 5.74) is 3.76. The molecule has 9 nitrogen and oxygen atoms in total. The molecule has 234 valence electrons. The highest BCUT2D eigenvalue weighted by atomic mass is 35.5. The Labute approximate surface area is 271 Å². The lowest BCUT2D eigenvalue weighted by Gasteiger charge is -2.34. The lowest BCUT2D eigenvalue weighted by atomic mass is 9.87. The zero-order valence-corrected chi connectivity index (χ0v) is 26.2. The van der Waals surface area contributed by atoms with E-state index in [4.69, 9.17) is 28.3 Å². The first-order valence-electron chi connectivity index (χ1n) is 14.6. The van der Waals surface area contributed by atoms with E-state index in [0.717, 1.165) is 17.7 Å². The Morgan fingerprint density at radius 1 is 1.18 bits per heavy atom. The molecular weight excluding hydrogens is 643 g/mol. The van der Waals surface area contributed by atoms with Gasteiger partial charge in [0.25, 0.3) is 5.91 Å². The van der Waals surface area contributed by atoms with Gasteiger partial charge in [0.15, 0.2) is 11.2 Å². The minimum atomic E-state index is -1.06. The summed E-state index contributed by atoms with van der Waals surface area (Å²) < 4.78 is 32.5. The van der Waals surface area contributed by atoms with Crippen LogP contribution in [-0.4, -0.2) is 78.8 Å². The van der Waals surface area contributed by atoms with E-state index >= 15 is 4.39 Å². The maximum Gasteiger partial charge on any atom is 0.257 e. The number of anilines is 1. The number of amides is 1. The summed E-state index contributed by atoms with van der Waals surface area (Å²) >= 11 is 15.0. The fraction of sp³-hybridized carbons (Fsp3) is 0.355. The zero-order valence-electron chi connectivity index (χ0n) is 23.9. The van der Waals surface area contributed by atoms with Crippen molar-refractivity contribution in [2.24, 2.45) is 0 Å². The number of rotatable bonds is 8. The third-order valence-electron chi connectivity index (χ3n) is 8.62. The Morgan fingerprint density at radius 3 is 2.73 bits per heavy atom. The normalized spacial score (nSPS) is 20.9. The van der Waals surface area contributed by atoms with E-state index < -0.39 is 24.3 Å². The number of thiazole rings is 1. The van der Waals surface area contributed by atoms with Gasteiger partial charge in [-0.15, -0.1) is 11.3 Å². The lowest BCUT2D eigenvalue weighted by molar-refractivity contribution is -0.118. The van der Waals surface area contributed by atoms with Crippen molar-refractivity contribution in [3.8, 4) is 11.1 Å². The van der Waals surface area contributed by atoms with Gasteiger partial charge in [0, 0.05) is 59.8 Å². The molecule has 2 aliphatic heterocycles. The fourth-order valence-corrected chi connectivity index (χ4v) is 7.49. The zero-order chi connectivity index (χ0) is 31.2. The molecule has 5 aromatic rings. The van der Waals surface area contributed by atoms with Gasteiger partial charge >= 0.3 is 0 Å². The standard InChI is InChI=1S/C31H29Cl2F2N7O2S/c32-23-12-21(18-3-1-17(2-4-18)20-5-7-40(8-9-43)15-24(20)35)26(33)27-22(23)14-42(39-27)29(30(44)38-31-36-6-10-45-31)28-25-11-19(34)13-41(25)16-37-28/h1-4,6,10,12,14,16,19-20,24,29,43H,5,7-9,11,13,15H2,(H,36,38,44)/t19-,20+,24-,29?/m1/s1. The van der Waals surface area contributed by atoms with Crippen LogP contribution in [-0.2, 0) is 17.8 Å². The number of nitrogens with zero attached hydrogens (tertiary/aromatic N) is 6. The van der Waals surface area contributed by atoms with E-state index in [1.165, 1.54) is 16.0 Å². The molecule has 45 heavy (non-hydrogen) atoms. The fourth-order valence-electron chi connectivity index (χ4n) is 6.41. The van der Waals surface area contributed by atoms with Crippen molar-refractivity contribution < 1.29 is 18.7 Å². The first-order valence-corrected chi connectivity index (χ1v) is 16.3. The Bertz CT molecular complexity index is 1850. The summed E-state index contributed by atoms with van der Waals surface area (Å²) in [6, 6.07) is 8.35. The number of aromatic nitrogens is 5. The summed E-state index contributed by atoms with van der Waals surface area (Å²) in [7, 11) is 0. The number of aliphatic hydroxyl groups excluding tert-OH is 1. The number of carbonyl (C=O) groups excluding carboxylic acids is 1. The number of aliphatic hydroxyl groups is 1. The van der Waals surface area contributed by atoms with Gasteiger partial charge in [0.05, 0.1) is 35.2 Å². The molecule has 2 aromatic carbocycles. The van der Waals surface area contributed by atoms with E-state index in [0.29, 0.717) is 62.5 Å². The van der Waals surface area contributed by atoms with Crippen molar-refractivity contribution in [1.82, 2.24) is 29.2 Å². The van der Waals surface area contributed by atoms with Crippen molar-refractivity contribution in [2.75, 3.05) is 31.6 Å². The highest BCUT2D eigenvalue weighted by Crippen LogP contribution is 2.40. The maximum atomic E-state index is 15.0. The van der Waals surface area contributed by atoms with Gasteiger partial charge in [0.2, 0.25) is 0 Å². The van der Waals surface area contributed by atoms with Crippen LogP contribution in [0.15, 0.2) is 54.4 Å². The van der Waals surface area contributed by atoms with Crippen molar-refractivity contribution in [3.05, 3.63) is 81.4 Å². The number of β-amino-alcohol motifs (C(OH)–C–C–N with tert-alkyl or cyclic N) is 1. The molecule has 14 heteroatoms. The number of benzene rings is 2. The van der Waals surface area contributed by atoms with Crippen LogP contribution < -0.4 is 5.32 Å². The van der Waals surface area contributed by atoms with Crippen molar-refractivity contribution in [2.45, 2.75) is 43.7 Å². The topological polar surface area (TPSA) is 101 Å². The van der Waals surface area contributed by atoms with Crippen LogP contribution >= 0.6 is 34.5 Å². The molecule has 0 radical (unpaired) electrons. The van der Waals surface area contributed by atoms with Gasteiger partial charge < -0.3 is 9.67 Å². The van der Waals surface area contributed by atoms with Crippen LogP contribution in [0.3, 0.4) is 0 Å². The number of imidazole rings is 1. The van der Waals surface area contributed by atoms with E-state index in [1.54, 1.807) is 34.7 Å². The number of fused-ring (bicyclic) bond motifs is 2. The molecule has 1 amide bonds. The first-order chi connectivity index (χ1) is 21.8. The molecule has 2 aliphatic rings. The molecule has 0 aliphatic carbocycles. The van der Waals surface area contributed by atoms with E-state index in [2.05, 4.69) is 15.3 Å². The first kappa shape index (κ1) is 30.2. The molecule has 5 heterocycles. The number of carbonyl (C=O) groups is 1. The molecule has 1 saturated heterocycles. The molecule has 3 aromatic heterocycles. The van der Waals surface area contributed by atoms with E-state index in [-0.39, 0.29) is 25.5 Å². The molecule has 0 bridgehead atoms. The average Bonchev–Trinajstić information content (AvgIpc) is 3.82. The van der Waals surface area contributed by atoms with E-state index in [1.807, 2.05) is 29.2 Å². The third kappa shape index (κ3) is 5.74. The average molecular weight is 673 g/mol. The molecule has 0 spiro atoms. The second kappa shape index (κ2) is 12.4. The summed E-state index contributed by atoms with van der Waals surface area (Å²) in [5.74, 6) is -0.659. The SMILES string of the molecule is O=C(Nc1nccs1)C(c1ncn2c1C[C@@H](F)C2)n1cc2c(Cl)cc(-c3ccc([C@@H]4CCN(CCO)C[C@H]4F)cc3)c(Cl)c2n1. The number of hydrogen-bond acceptors (Lipinski definition) is 7. The molecule has 4 atom stereocenters. The molecule has 1 unspecified atom stereocenters. The van der Waals surface area contributed by atoms with Gasteiger partial charge in [-0.2, -0.15) is 5.10 Å². The van der Waals surface area contributed by atoms with Gasteiger partial charge in [-0.3, -0.25) is 19.7 Å². The highest BCUT2D eigenvalue weighted by Gasteiger charge is 2.35. The Morgan fingerprint density at radius 2 is 2.00 bits per heavy atom. The smallest absolute Gasteiger partial charge is 0.257 e. The quantitative estimate of drug-likeness (QED) is 0.213. The van der Waals surface area contributed by atoms with Crippen LogP contribution in [0.1, 0.15) is 35.3 Å². The summed E-state index contributed by atoms with van der Waals surface area (Å²) in [4.78, 5) is 24.3. The predicted octanol–water partition coefficient (Wildman–Crippen LogP) is 5.91. The summed E-state index contributed by atoms with van der Waals surface area (Å²) in [6.45, 7) is 1.70. The van der Waals surface area contributed by atoms with Gasteiger partial charge in [-0.1, -0.05) is 47.5 Å². The van der Waals surface area contributed by atoms with Gasteiger partial charge in [-0.05, 0) is 30.2 Å². The molecule has 0 saturated carbocycles. The Kier molecular flexibility index (Phi) is 8.34. The number of halogens is 4. The maximum absolute atomic E-state index is 15.0. The molecule has 1 fully saturated rings. The van der Waals surface area contributed by atoms with Gasteiger partial charge in [0.1, 0.15) is 17.9 Å². The molecular formula is C31H29Cl2F2N7O2S. The largest absolute Gasteiger partial charge is 0.395 e.